The molecule has 9 heteroatoms. The van der Waals surface area contributed by atoms with Crippen molar-refractivity contribution in [3.8, 4) is 5.75 Å². The van der Waals surface area contributed by atoms with Gasteiger partial charge in [-0.15, -0.1) is 0 Å². The van der Waals surface area contributed by atoms with E-state index in [0.29, 0.717) is 4.90 Å². The van der Waals surface area contributed by atoms with E-state index >= 15 is 0 Å². The Hall–Kier alpha value is -2.25. The summed E-state index contributed by atoms with van der Waals surface area (Å²) in [5, 5.41) is 20.8. The summed E-state index contributed by atoms with van der Waals surface area (Å²) in [6, 6.07) is 1.79. The highest BCUT2D eigenvalue weighted by atomic mass is 35.5. The SMILES string of the molecule is O=C(O)CN1C(=O)N/C(=C/c2cc(Cl)cc(Cl)c2O)C1=O. The predicted octanol–water partition coefficient (Wildman–Crippen LogP) is 1.68. The van der Waals surface area contributed by atoms with Gasteiger partial charge in [-0.1, -0.05) is 23.2 Å². The van der Waals surface area contributed by atoms with E-state index in [9.17, 15) is 19.5 Å². The minimum Gasteiger partial charge on any atom is -0.506 e. The van der Waals surface area contributed by atoms with Crippen LogP contribution in [0.2, 0.25) is 10.0 Å². The number of carboxylic acid groups (broad SMARTS) is 1. The molecule has 0 bridgehead atoms. The number of aliphatic carboxylic acids is 1. The summed E-state index contributed by atoms with van der Waals surface area (Å²) in [6.07, 6.45) is 1.16. The number of carboxylic acids is 1. The topological polar surface area (TPSA) is 107 Å². The van der Waals surface area contributed by atoms with Crippen molar-refractivity contribution >= 4 is 47.2 Å². The standard InChI is InChI=1S/C12H8Cl2N2O5/c13-6-1-5(10(19)7(14)3-6)2-8-11(20)16(4-9(17)18)12(21)15-8/h1-3,19H,4H2,(H,15,21)(H,17,18)/b8-2+. The molecule has 1 aromatic rings. The highest BCUT2D eigenvalue weighted by Crippen LogP contribution is 2.32. The Bertz CT molecular complexity index is 686. The van der Waals surface area contributed by atoms with Gasteiger partial charge in [-0.25, -0.2) is 9.69 Å². The van der Waals surface area contributed by atoms with Crippen molar-refractivity contribution in [1.29, 1.82) is 0 Å². The van der Waals surface area contributed by atoms with Crippen molar-refractivity contribution in [3.05, 3.63) is 33.4 Å². The van der Waals surface area contributed by atoms with Crippen molar-refractivity contribution in [2.45, 2.75) is 0 Å². The van der Waals surface area contributed by atoms with Crippen LogP contribution in [0.1, 0.15) is 5.56 Å². The Labute approximate surface area is 128 Å². The maximum Gasteiger partial charge on any atom is 0.329 e. The van der Waals surface area contributed by atoms with Gasteiger partial charge in [-0.3, -0.25) is 9.59 Å². The Balaban J connectivity index is 2.37. The molecule has 0 aliphatic carbocycles. The van der Waals surface area contributed by atoms with Crippen molar-refractivity contribution in [2.24, 2.45) is 0 Å². The molecule has 0 unspecified atom stereocenters. The maximum atomic E-state index is 11.9. The van der Waals surface area contributed by atoms with Crippen molar-refractivity contribution in [2.75, 3.05) is 6.54 Å². The van der Waals surface area contributed by atoms with Crippen LogP contribution in [0.5, 0.6) is 5.75 Å². The lowest BCUT2D eigenvalue weighted by Gasteiger charge is -2.07. The highest BCUT2D eigenvalue weighted by Gasteiger charge is 2.35. The van der Waals surface area contributed by atoms with Gasteiger partial charge in [-0.05, 0) is 18.2 Å². The van der Waals surface area contributed by atoms with E-state index in [1.807, 2.05) is 0 Å². The number of hydrogen-bond donors (Lipinski definition) is 3. The number of benzene rings is 1. The number of urea groups is 1. The molecular formula is C12H8Cl2N2O5. The largest absolute Gasteiger partial charge is 0.506 e. The van der Waals surface area contributed by atoms with Crippen LogP contribution in [-0.4, -0.2) is 39.6 Å². The summed E-state index contributed by atoms with van der Waals surface area (Å²) in [5.41, 5.74) is -0.0665. The lowest BCUT2D eigenvalue weighted by atomic mass is 10.1. The lowest BCUT2D eigenvalue weighted by molar-refractivity contribution is -0.140. The molecule has 3 N–H and O–H groups in total. The summed E-state index contributed by atoms with van der Waals surface area (Å²) in [4.78, 5) is 34.5. The fourth-order valence-corrected chi connectivity index (χ4v) is 2.21. The van der Waals surface area contributed by atoms with Gasteiger partial charge in [0.05, 0.1) is 5.02 Å². The van der Waals surface area contributed by atoms with E-state index < -0.39 is 24.5 Å². The van der Waals surface area contributed by atoms with E-state index in [2.05, 4.69) is 5.32 Å². The molecule has 1 saturated heterocycles. The lowest BCUT2D eigenvalue weighted by Crippen LogP contribution is -2.35. The van der Waals surface area contributed by atoms with Gasteiger partial charge in [0.15, 0.2) is 0 Å². The van der Waals surface area contributed by atoms with Crippen LogP contribution < -0.4 is 5.32 Å². The minimum absolute atomic E-state index is 0.0199. The fourth-order valence-electron chi connectivity index (χ4n) is 1.70. The number of carbonyl (C=O) groups is 3. The number of halogens is 2. The van der Waals surface area contributed by atoms with E-state index in [4.69, 9.17) is 28.3 Å². The molecule has 0 spiro atoms. The Morgan fingerprint density at radius 3 is 2.62 bits per heavy atom. The molecule has 0 aromatic heterocycles. The monoisotopic (exact) mass is 330 g/mol. The number of carbonyl (C=O) groups excluding carboxylic acids is 2. The van der Waals surface area contributed by atoms with Crippen LogP contribution in [0.4, 0.5) is 4.79 Å². The number of nitrogens with zero attached hydrogens (tertiary/aromatic N) is 1. The molecule has 3 amide bonds. The number of phenols is 1. The van der Waals surface area contributed by atoms with Crippen LogP contribution in [0.15, 0.2) is 17.8 Å². The van der Waals surface area contributed by atoms with Crippen LogP contribution in [0.3, 0.4) is 0 Å². The highest BCUT2D eigenvalue weighted by molar-refractivity contribution is 6.36. The maximum absolute atomic E-state index is 11.9. The number of nitrogens with one attached hydrogen (secondary N) is 1. The first-order valence-corrected chi connectivity index (χ1v) is 6.29. The van der Waals surface area contributed by atoms with Gasteiger partial charge in [-0.2, -0.15) is 0 Å². The van der Waals surface area contributed by atoms with Gasteiger partial charge >= 0.3 is 12.0 Å². The summed E-state index contributed by atoms with van der Waals surface area (Å²) < 4.78 is 0. The van der Waals surface area contributed by atoms with Crippen LogP contribution in [0.25, 0.3) is 6.08 Å². The molecular weight excluding hydrogens is 323 g/mol. The van der Waals surface area contributed by atoms with Gasteiger partial charge in [0.25, 0.3) is 5.91 Å². The first-order valence-electron chi connectivity index (χ1n) is 5.54. The second kappa shape index (κ2) is 5.63. The van der Waals surface area contributed by atoms with E-state index in [1.54, 1.807) is 0 Å². The normalized spacial score (nSPS) is 16.5. The zero-order valence-electron chi connectivity index (χ0n) is 10.3. The summed E-state index contributed by atoms with van der Waals surface area (Å²) in [5.74, 6) is -2.46. The third kappa shape index (κ3) is 3.09. The average Bonchev–Trinajstić information content (AvgIpc) is 2.63. The van der Waals surface area contributed by atoms with Crippen LogP contribution >= 0.6 is 23.2 Å². The summed E-state index contributed by atoms with van der Waals surface area (Å²) in [7, 11) is 0. The second-order valence-electron chi connectivity index (χ2n) is 4.10. The van der Waals surface area contributed by atoms with Crippen LogP contribution in [0, 0.1) is 0 Å². The second-order valence-corrected chi connectivity index (χ2v) is 4.94. The number of hydrogen-bond acceptors (Lipinski definition) is 4. The molecule has 2 rings (SSSR count). The number of imide groups is 1. The third-order valence-electron chi connectivity index (χ3n) is 2.61. The third-order valence-corrected chi connectivity index (χ3v) is 3.12. The molecule has 21 heavy (non-hydrogen) atoms. The molecule has 1 aliphatic rings. The van der Waals surface area contributed by atoms with E-state index in [-0.39, 0.29) is 27.1 Å². The van der Waals surface area contributed by atoms with Crippen molar-refractivity contribution in [1.82, 2.24) is 10.2 Å². The quantitative estimate of drug-likeness (QED) is 0.577. The van der Waals surface area contributed by atoms with E-state index in [0.717, 1.165) is 6.08 Å². The van der Waals surface area contributed by atoms with Gasteiger partial charge in [0.1, 0.15) is 18.0 Å². The number of aromatic hydroxyl groups is 1. The van der Waals surface area contributed by atoms with E-state index in [1.165, 1.54) is 12.1 Å². The molecule has 110 valence electrons. The molecule has 7 nitrogen and oxygen atoms in total. The Kier molecular flexibility index (Phi) is 4.06. The van der Waals surface area contributed by atoms with Gasteiger partial charge in [0.2, 0.25) is 0 Å². The smallest absolute Gasteiger partial charge is 0.329 e. The number of amides is 3. The average molecular weight is 331 g/mol. The zero-order valence-corrected chi connectivity index (χ0v) is 11.8. The molecule has 1 aliphatic heterocycles. The van der Waals surface area contributed by atoms with Gasteiger partial charge < -0.3 is 15.5 Å². The Morgan fingerprint density at radius 1 is 1.33 bits per heavy atom. The first-order chi connectivity index (χ1) is 9.79. The Morgan fingerprint density at radius 2 is 2.00 bits per heavy atom. The molecule has 1 heterocycles. The summed E-state index contributed by atoms with van der Waals surface area (Å²) >= 11 is 11.5. The molecule has 1 aromatic carbocycles. The number of phenolic OH excluding ortho intramolecular Hbond substituents is 1. The number of rotatable bonds is 3. The molecule has 1 fully saturated rings. The van der Waals surface area contributed by atoms with Crippen molar-refractivity contribution < 1.29 is 24.6 Å². The molecule has 0 radical (unpaired) electrons. The molecule has 0 atom stereocenters. The zero-order chi connectivity index (χ0) is 15.7. The summed E-state index contributed by atoms with van der Waals surface area (Å²) in [6.45, 7) is -0.760. The first kappa shape index (κ1) is 15.1. The van der Waals surface area contributed by atoms with Crippen molar-refractivity contribution in [3.63, 3.8) is 0 Å². The fraction of sp³-hybridized carbons (Fsp3) is 0.0833. The minimum atomic E-state index is -1.33. The van der Waals surface area contributed by atoms with Crippen LogP contribution in [-0.2, 0) is 9.59 Å². The molecule has 0 saturated carbocycles. The van der Waals surface area contributed by atoms with Gasteiger partial charge in [0, 0.05) is 10.6 Å². The predicted molar refractivity (Wildman–Crippen MR) is 74.0 cm³/mol.